The molecular weight excluding hydrogens is 384 g/mol. The van der Waals surface area contributed by atoms with Gasteiger partial charge in [0, 0.05) is 6.42 Å². The quantitative estimate of drug-likeness (QED) is 0.625. The van der Waals surface area contributed by atoms with Gasteiger partial charge in [0.1, 0.15) is 5.75 Å². The Bertz CT molecular complexity index is 1140. The monoisotopic (exact) mass is 406 g/mol. The number of methoxy groups -OCH3 is 1. The number of aryl methyl sites for hydroxylation is 1. The van der Waals surface area contributed by atoms with Crippen LogP contribution in [-0.2, 0) is 10.0 Å². The van der Waals surface area contributed by atoms with E-state index in [1.54, 1.807) is 37.4 Å². The number of benzene rings is 3. The number of nitrogens with zero attached hydrogens (tertiary/aromatic N) is 2. The predicted molar refractivity (Wildman–Crippen MR) is 114 cm³/mol. The molecule has 6 heteroatoms. The summed E-state index contributed by atoms with van der Waals surface area (Å²) >= 11 is 0. The minimum absolute atomic E-state index is 0.224. The predicted octanol–water partition coefficient (Wildman–Crippen LogP) is 4.54. The molecule has 0 radical (unpaired) electrons. The number of ether oxygens (including phenoxy) is 1. The van der Waals surface area contributed by atoms with Crippen LogP contribution in [0.1, 0.15) is 29.2 Å². The van der Waals surface area contributed by atoms with E-state index < -0.39 is 16.1 Å². The van der Waals surface area contributed by atoms with Crippen LogP contribution < -0.4 is 4.74 Å². The Morgan fingerprint density at radius 3 is 2.38 bits per heavy atom. The molecule has 0 aromatic heterocycles. The van der Waals surface area contributed by atoms with Crippen molar-refractivity contribution in [1.29, 1.82) is 0 Å². The maximum Gasteiger partial charge on any atom is 0.279 e. The fourth-order valence-corrected chi connectivity index (χ4v) is 4.88. The standard InChI is InChI=1S/C23H22N2O3S/c1-17-11-13-18(14-12-17)22-16-23(19-7-6-8-20(15-19)28-2)25(24-22)29(26,27)21-9-4-3-5-10-21/h3-15,23H,16H2,1-2H3/t23-/m1/s1. The van der Waals surface area contributed by atoms with Crippen LogP contribution >= 0.6 is 0 Å². The second kappa shape index (κ2) is 7.72. The van der Waals surface area contributed by atoms with E-state index in [1.807, 2.05) is 55.5 Å². The highest BCUT2D eigenvalue weighted by molar-refractivity contribution is 7.89. The molecule has 1 heterocycles. The fourth-order valence-electron chi connectivity index (χ4n) is 3.43. The molecular formula is C23H22N2O3S. The smallest absolute Gasteiger partial charge is 0.279 e. The summed E-state index contributed by atoms with van der Waals surface area (Å²) in [6, 6.07) is 23.4. The van der Waals surface area contributed by atoms with Gasteiger partial charge >= 0.3 is 0 Å². The summed E-state index contributed by atoms with van der Waals surface area (Å²) in [7, 11) is -2.20. The van der Waals surface area contributed by atoms with Gasteiger partial charge in [-0.15, -0.1) is 0 Å². The fraction of sp³-hybridized carbons (Fsp3) is 0.174. The number of sulfonamides is 1. The van der Waals surface area contributed by atoms with Crippen molar-refractivity contribution in [3.05, 3.63) is 95.6 Å². The maximum atomic E-state index is 13.4. The van der Waals surface area contributed by atoms with Crippen molar-refractivity contribution in [3.8, 4) is 5.75 Å². The van der Waals surface area contributed by atoms with Crippen molar-refractivity contribution in [2.45, 2.75) is 24.3 Å². The molecule has 1 aliphatic rings. The number of hydrogen-bond donors (Lipinski definition) is 0. The zero-order valence-corrected chi connectivity index (χ0v) is 17.1. The Morgan fingerprint density at radius 2 is 1.69 bits per heavy atom. The van der Waals surface area contributed by atoms with Gasteiger partial charge < -0.3 is 4.74 Å². The second-order valence-electron chi connectivity index (χ2n) is 7.00. The molecule has 148 valence electrons. The van der Waals surface area contributed by atoms with E-state index in [-0.39, 0.29) is 4.90 Å². The highest BCUT2D eigenvalue weighted by atomic mass is 32.2. The Hall–Kier alpha value is -3.12. The molecule has 4 rings (SSSR count). The minimum atomic E-state index is -3.80. The van der Waals surface area contributed by atoms with Gasteiger partial charge in [-0.3, -0.25) is 0 Å². The average Bonchev–Trinajstić information content (AvgIpc) is 3.21. The first-order valence-electron chi connectivity index (χ1n) is 9.37. The van der Waals surface area contributed by atoms with Gasteiger partial charge in [-0.25, -0.2) is 0 Å². The second-order valence-corrected chi connectivity index (χ2v) is 8.80. The van der Waals surface area contributed by atoms with Crippen LogP contribution in [0.2, 0.25) is 0 Å². The third-order valence-electron chi connectivity index (χ3n) is 5.02. The topological polar surface area (TPSA) is 59.0 Å². The molecule has 0 N–H and O–H groups in total. The van der Waals surface area contributed by atoms with E-state index in [9.17, 15) is 8.42 Å². The molecule has 1 atom stereocenters. The lowest BCUT2D eigenvalue weighted by Crippen LogP contribution is -2.27. The number of rotatable bonds is 5. The highest BCUT2D eigenvalue weighted by Gasteiger charge is 2.37. The zero-order chi connectivity index (χ0) is 20.4. The number of hydrogen-bond acceptors (Lipinski definition) is 4. The molecule has 0 unspecified atom stereocenters. The van der Waals surface area contributed by atoms with Crippen molar-refractivity contribution in [2.75, 3.05) is 7.11 Å². The van der Waals surface area contributed by atoms with Crippen molar-refractivity contribution in [3.63, 3.8) is 0 Å². The molecule has 0 saturated heterocycles. The van der Waals surface area contributed by atoms with Crippen molar-refractivity contribution < 1.29 is 13.2 Å². The third-order valence-corrected chi connectivity index (χ3v) is 6.72. The van der Waals surface area contributed by atoms with E-state index in [0.29, 0.717) is 12.2 Å². The van der Waals surface area contributed by atoms with Crippen LogP contribution in [-0.4, -0.2) is 25.7 Å². The lowest BCUT2D eigenvalue weighted by atomic mass is 9.98. The van der Waals surface area contributed by atoms with E-state index in [4.69, 9.17) is 4.74 Å². The van der Waals surface area contributed by atoms with Crippen molar-refractivity contribution >= 4 is 15.7 Å². The molecule has 5 nitrogen and oxygen atoms in total. The van der Waals surface area contributed by atoms with Gasteiger partial charge in [0.25, 0.3) is 10.0 Å². The maximum absolute atomic E-state index is 13.4. The molecule has 0 saturated carbocycles. The minimum Gasteiger partial charge on any atom is -0.497 e. The normalized spacial score (nSPS) is 16.6. The van der Waals surface area contributed by atoms with E-state index >= 15 is 0 Å². The van der Waals surface area contributed by atoms with Gasteiger partial charge in [-0.05, 0) is 42.3 Å². The van der Waals surface area contributed by atoms with Crippen molar-refractivity contribution in [2.24, 2.45) is 5.10 Å². The largest absolute Gasteiger partial charge is 0.497 e. The summed E-state index contributed by atoms with van der Waals surface area (Å²) in [5.41, 5.74) is 3.66. The van der Waals surface area contributed by atoms with Crippen LogP contribution in [0.3, 0.4) is 0 Å². The molecule has 0 fully saturated rings. The summed E-state index contributed by atoms with van der Waals surface area (Å²) in [6.45, 7) is 2.02. The van der Waals surface area contributed by atoms with Crippen LogP contribution in [0.5, 0.6) is 5.75 Å². The molecule has 0 bridgehead atoms. The first-order valence-corrected chi connectivity index (χ1v) is 10.8. The Labute approximate surface area is 171 Å². The van der Waals surface area contributed by atoms with Gasteiger partial charge in [0.2, 0.25) is 0 Å². The zero-order valence-electron chi connectivity index (χ0n) is 16.3. The molecule has 29 heavy (non-hydrogen) atoms. The molecule has 3 aromatic rings. The van der Waals surface area contributed by atoms with E-state index in [0.717, 1.165) is 22.4 Å². The molecule has 3 aromatic carbocycles. The van der Waals surface area contributed by atoms with Crippen molar-refractivity contribution in [1.82, 2.24) is 4.41 Å². The summed E-state index contributed by atoms with van der Waals surface area (Å²) in [4.78, 5) is 0.224. The highest BCUT2D eigenvalue weighted by Crippen LogP contribution is 2.38. The SMILES string of the molecule is COc1cccc([C@H]2CC(c3ccc(C)cc3)=NN2S(=O)(=O)c2ccccc2)c1. The summed E-state index contributed by atoms with van der Waals surface area (Å²) in [5.74, 6) is 0.684. The van der Waals surface area contributed by atoms with Gasteiger partial charge in [0.05, 0.1) is 23.8 Å². The Kier molecular flexibility index (Phi) is 5.11. The van der Waals surface area contributed by atoms with Gasteiger partial charge in [-0.2, -0.15) is 17.9 Å². The lowest BCUT2D eigenvalue weighted by Gasteiger charge is -2.23. The molecule has 1 aliphatic heterocycles. The third kappa shape index (κ3) is 3.76. The van der Waals surface area contributed by atoms with Gasteiger partial charge in [0.15, 0.2) is 0 Å². The summed E-state index contributed by atoms with van der Waals surface area (Å²) in [5, 5.41) is 4.57. The Balaban J connectivity index is 1.80. The number of hydrazone groups is 1. The molecule has 0 spiro atoms. The van der Waals surface area contributed by atoms with Crippen LogP contribution in [0.15, 0.2) is 88.9 Å². The molecule has 0 amide bonds. The summed E-state index contributed by atoms with van der Waals surface area (Å²) in [6.07, 6.45) is 0.488. The van der Waals surface area contributed by atoms with E-state index in [1.165, 1.54) is 4.41 Å². The molecule has 0 aliphatic carbocycles. The first-order chi connectivity index (χ1) is 14.0. The first kappa shape index (κ1) is 19.2. The van der Waals surface area contributed by atoms with Gasteiger partial charge in [-0.1, -0.05) is 60.2 Å². The average molecular weight is 407 g/mol. The van der Waals surface area contributed by atoms with E-state index in [2.05, 4.69) is 5.10 Å². The lowest BCUT2D eigenvalue weighted by molar-refractivity contribution is 0.368. The van der Waals surface area contributed by atoms with Crippen LogP contribution in [0.25, 0.3) is 0 Å². The summed E-state index contributed by atoms with van der Waals surface area (Å²) < 4.78 is 33.4. The van der Waals surface area contributed by atoms with Crippen LogP contribution in [0.4, 0.5) is 0 Å². The Morgan fingerprint density at radius 1 is 0.966 bits per heavy atom. The van der Waals surface area contributed by atoms with Crippen LogP contribution in [0, 0.1) is 6.92 Å².